The van der Waals surface area contributed by atoms with Crippen LogP contribution in [0.15, 0.2) is 18.2 Å². The van der Waals surface area contributed by atoms with Gasteiger partial charge in [0.2, 0.25) is 0 Å². The van der Waals surface area contributed by atoms with E-state index >= 15 is 0 Å². The zero-order valence-electron chi connectivity index (χ0n) is 8.38. The molecule has 0 saturated heterocycles. The summed E-state index contributed by atoms with van der Waals surface area (Å²) in [5.74, 6) is 0.969. The highest BCUT2D eigenvalue weighted by atomic mass is 127. The monoisotopic (exact) mass is 303 g/mol. The number of halogens is 1. The number of hydrogen-bond acceptors (Lipinski definition) is 2. The van der Waals surface area contributed by atoms with Gasteiger partial charge in [-0.1, -0.05) is 12.1 Å². The molecule has 0 radical (unpaired) electrons. The van der Waals surface area contributed by atoms with Gasteiger partial charge in [-0.25, -0.2) is 0 Å². The normalized spacial score (nSPS) is 23.9. The van der Waals surface area contributed by atoms with Gasteiger partial charge in [0, 0.05) is 18.0 Å². The quantitative estimate of drug-likeness (QED) is 0.748. The highest BCUT2D eigenvalue weighted by Crippen LogP contribution is 2.40. The van der Waals surface area contributed by atoms with Gasteiger partial charge in [0.05, 0.1) is 3.57 Å². The van der Waals surface area contributed by atoms with Gasteiger partial charge in [-0.15, -0.1) is 0 Å². The van der Waals surface area contributed by atoms with Crippen LogP contribution in [-0.4, -0.2) is 5.60 Å². The molecule has 0 aromatic heterocycles. The Morgan fingerprint density at radius 3 is 2.93 bits per heavy atom. The molecule has 1 aromatic carbocycles. The molecule has 0 amide bonds. The van der Waals surface area contributed by atoms with Crippen molar-refractivity contribution in [2.45, 2.75) is 31.9 Å². The van der Waals surface area contributed by atoms with Crippen LogP contribution in [0.25, 0.3) is 0 Å². The molecule has 0 spiro atoms. The Morgan fingerprint density at radius 2 is 2.21 bits per heavy atom. The molecule has 0 aliphatic carbocycles. The third-order valence-corrected chi connectivity index (χ3v) is 3.34. The van der Waals surface area contributed by atoms with Crippen molar-refractivity contribution < 1.29 is 4.74 Å². The summed E-state index contributed by atoms with van der Waals surface area (Å²) in [5.41, 5.74) is 7.10. The summed E-state index contributed by atoms with van der Waals surface area (Å²) in [7, 11) is 0. The van der Waals surface area contributed by atoms with E-state index in [0.717, 1.165) is 21.3 Å². The topological polar surface area (TPSA) is 35.2 Å². The van der Waals surface area contributed by atoms with E-state index in [9.17, 15) is 0 Å². The van der Waals surface area contributed by atoms with Gasteiger partial charge in [0.1, 0.15) is 11.4 Å². The first kappa shape index (κ1) is 10.2. The van der Waals surface area contributed by atoms with E-state index < -0.39 is 0 Å². The van der Waals surface area contributed by atoms with Crippen molar-refractivity contribution in [2.24, 2.45) is 5.73 Å². The second-order valence-electron chi connectivity index (χ2n) is 4.33. The molecule has 2 N–H and O–H groups in total. The standard InChI is InChI=1S/C11H14INO/c1-11(2)6-9(13)7-4-3-5-8(12)10(7)14-11/h3-5,9H,6,13H2,1-2H3. The van der Waals surface area contributed by atoms with Crippen LogP contribution in [0.2, 0.25) is 0 Å². The first-order valence-electron chi connectivity index (χ1n) is 4.73. The summed E-state index contributed by atoms with van der Waals surface area (Å²) in [6.45, 7) is 4.16. The molecule has 0 fully saturated rings. The van der Waals surface area contributed by atoms with Crippen LogP contribution < -0.4 is 10.5 Å². The molecule has 1 atom stereocenters. The predicted molar refractivity (Wildman–Crippen MR) is 65.4 cm³/mol. The smallest absolute Gasteiger partial charge is 0.138 e. The number of hydrogen-bond donors (Lipinski definition) is 1. The minimum absolute atomic E-state index is 0.100. The molecular weight excluding hydrogens is 289 g/mol. The summed E-state index contributed by atoms with van der Waals surface area (Å²) in [5, 5.41) is 0. The third kappa shape index (κ3) is 1.75. The van der Waals surface area contributed by atoms with Crippen LogP contribution in [0.4, 0.5) is 0 Å². The Balaban J connectivity index is 2.51. The Hall–Kier alpha value is -0.290. The van der Waals surface area contributed by atoms with E-state index in [1.54, 1.807) is 0 Å². The maximum absolute atomic E-state index is 6.11. The van der Waals surface area contributed by atoms with Gasteiger partial charge < -0.3 is 10.5 Å². The molecule has 1 aliphatic heterocycles. The largest absolute Gasteiger partial charge is 0.486 e. The fraction of sp³-hybridized carbons (Fsp3) is 0.455. The number of benzene rings is 1. The van der Waals surface area contributed by atoms with Gasteiger partial charge in [0.25, 0.3) is 0 Å². The molecule has 76 valence electrons. The molecule has 2 rings (SSSR count). The van der Waals surface area contributed by atoms with Gasteiger partial charge >= 0.3 is 0 Å². The maximum Gasteiger partial charge on any atom is 0.138 e. The zero-order valence-corrected chi connectivity index (χ0v) is 10.5. The zero-order chi connectivity index (χ0) is 10.3. The van der Waals surface area contributed by atoms with Gasteiger partial charge in [-0.05, 0) is 42.5 Å². The van der Waals surface area contributed by atoms with Gasteiger partial charge in [-0.3, -0.25) is 0 Å². The number of nitrogens with two attached hydrogens (primary N) is 1. The minimum Gasteiger partial charge on any atom is -0.486 e. The lowest BCUT2D eigenvalue weighted by Crippen LogP contribution is -2.37. The lowest BCUT2D eigenvalue weighted by Gasteiger charge is -2.36. The molecule has 1 heterocycles. The van der Waals surface area contributed by atoms with Crippen molar-refractivity contribution in [1.29, 1.82) is 0 Å². The molecule has 0 bridgehead atoms. The summed E-state index contributed by atoms with van der Waals surface area (Å²) in [6, 6.07) is 6.23. The Labute approximate surface area is 98.0 Å². The second-order valence-corrected chi connectivity index (χ2v) is 5.49. The molecule has 3 heteroatoms. The van der Waals surface area contributed by atoms with Crippen molar-refractivity contribution in [3.8, 4) is 5.75 Å². The van der Waals surface area contributed by atoms with Crippen molar-refractivity contribution in [3.05, 3.63) is 27.3 Å². The van der Waals surface area contributed by atoms with E-state index in [2.05, 4.69) is 42.5 Å². The van der Waals surface area contributed by atoms with Crippen LogP contribution in [0.5, 0.6) is 5.75 Å². The van der Waals surface area contributed by atoms with Gasteiger partial charge in [-0.2, -0.15) is 0 Å². The molecular formula is C11H14INO. The van der Waals surface area contributed by atoms with Crippen molar-refractivity contribution >= 4 is 22.6 Å². The maximum atomic E-state index is 6.11. The van der Waals surface area contributed by atoms with Crippen molar-refractivity contribution in [2.75, 3.05) is 0 Å². The van der Waals surface area contributed by atoms with Crippen LogP contribution in [0.1, 0.15) is 31.9 Å². The lowest BCUT2D eigenvalue weighted by molar-refractivity contribution is 0.0717. The van der Waals surface area contributed by atoms with E-state index in [1.165, 1.54) is 0 Å². The van der Waals surface area contributed by atoms with Crippen molar-refractivity contribution in [1.82, 2.24) is 0 Å². The van der Waals surface area contributed by atoms with Gasteiger partial charge in [0.15, 0.2) is 0 Å². The molecule has 0 saturated carbocycles. The van der Waals surface area contributed by atoms with E-state index in [-0.39, 0.29) is 11.6 Å². The average molecular weight is 303 g/mol. The summed E-state index contributed by atoms with van der Waals surface area (Å²) in [4.78, 5) is 0. The van der Waals surface area contributed by atoms with Crippen LogP contribution in [0, 0.1) is 3.57 Å². The van der Waals surface area contributed by atoms with Crippen LogP contribution in [0.3, 0.4) is 0 Å². The van der Waals surface area contributed by atoms with E-state index in [1.807, 2.05) is 12.1 Å². The van der Waals surface area contributed by atoms with Crippen LogP contribution in [-0.2, 0) is 0 Å². The highest BCUT2D eigenvalue weighted by molar-refractivity contribution is 14.1. The fourth-order valence-corrected chi connectivity index (χ4v) is 2.51. The minimum atomic E-state index is -0.145. The Bertz CT molecular complexity index is 362. The molecule has 2 nitrogen and oxygen atoms in total. The second kappa shape index (κ2) is 3.38. The molecule has 1 aliphatic rings. The van der Waals surface area contributed by atoms with E-state index in [4.69, 9.17) is 10.5 Å². The predicted octanol–water partition coefficient (Wildman–Crippen LogP) is 2.85. The first-order chi connectivity index (χ1) is 6.49. The number of ether oxygens (including phenoxy) is 1. The summed E-state index contributed by atoms with van der Waals surface area (Å²) >= 11 is 2.29. The fourth-order valence-electron chi connectivity index (χ4n) is 1.88. The van der Waals surface area contributed by atoms with Crippen molar-refractivity contribution in [3.63, 3.8) is 0 Å². The summed E-state index contributed by atoms with van der Waals surface area (Å²) in [6.07, 6.45) is 0.875. The number of para-hydroxylation sites is 1. The molecule has 14 heavy (non-hydrogen) atoms. The molecule has 1 aromatic rings. The lowest BCUT2D eigenvalue weighted by atomic mass is 9.90. The Kier molecular flexibility index (Phi) is 2.47. The SMILES string of the molecule is CC1(C)CC(N)c2cccc(I)c2O1. The summed E-state index contributed by atoms with van der Waals surface area (Å²) < 4.78 is 7.07. The highest BCUT2D eigenvalue weighted by Gasteiger charge is 2.32. The Morgan fingerprint density at radius 1 is 1.50 bits per heavy atom. The first-order valence-corrected chi connectivity index (χ1v) is 5.80. The van der Waals surface area contributed by atoms with E-state index in [0.29, 0.717) is 0 Å². The average Bonchev–Trinajstić information content (AvgIpc) is 2.05. The number of rotatable bonds is 0. The molecule has 1 unspecified atom stereocenters. The number of fused-ring (bicyclic) bond motifs is 1. The van der Waals surface area contributed by atoms with Crippen LogP contribution >= 0.6 is 22.6 Å². The third-order valence-electron chi connectivity index (χ3n) is 2.49.